The van der Waals surface area contributed by atoms with Crippen LogP contribution in [0.4, 0.5) is 17.5 Å². The Morgan fingerprint density at radius 2 is 1.83 bits per heavy atom. The summed E-state index contributed by atoms with van der Waals surface area (Å²) in [6, 6.07) is 14.3. The SMILES string of the molecule is CNCCCN(C)c1ccc(-c2ccnc(Nc3cccc(CN4CCN(CC(=O)OC(C)(C)C)CC4)c3)n2)cn1. The fourth-order valence-electron chi connectivity index (χ4n) is 4.75. The van der Waals surface area contributed by atoms with Gasteiger partial charge in [0.2, 0.25) is 5.95 Å². The van der Waals surface area contributed by atoms with Crippen LogP contribution in [0.1, 0.15) is 32.8 Å². The Bertz CT molecular complexity index is 1250. The minimum Gasteiger partial charge on any atom is -0.459 e. The van der Waals surface area contributed by atoms with Crippen LogP contribution in [0.5, 0.6) is 0 Å². The summed E-state index contributed by atoms with van der Waals surface area (Å²) in [7, 11) is 4.03. The van der Waals surface area contributed by atoms with Crippen molar-refractivity contribution in [3.8, 4) is 11.3 Å². The van der Waals surface area contributed by atoms with Crippen LogP contribution in [0, 0.1) is 0 Å². The summed E-state index contributed by atoms with van der Waals surface area (Å²) in [6.07, 6.45) is 4.69. The first-order valence-electron chi connectivity index (χ1n) is 14.4. The van der Waals surface area contributed by atoms with Crippen molar-refractivity contribution >= 4 is 23.4 Å². The average Bonchev–Trinajstić information content (AvgIpc) is 2.94. The Morgan fingerprint density at radius 1 is 1.05 bits per heavy atom. The molecule has 4 rings (SSSR count). The maximum atomic E-state index is 12.2. The highest BCUT2D eigenvalue weighted by atomic mass is 16.6. The standard InChI is InChI=1S/C31H44N8O2/c1-31(2,3)41-29(40)23-39-18-16-38(17-19-39)22-24-8-6-9-26(20-24)35-30-33-14-12-27(36-30)25-10-11-28(34-21-25)37(5)15-7-13-32-4/h6,8-12,14,20-21,32H,7,13,15-19,22-23H2,1-5H3,(H,33,35,36). The van der Waals surface area contributed by atoms with Crippen molar-refractivity contribution in [2.45, 2.75) is 39.3 Å². The molecule has 1 aliphatic rings. The summed E-state index contributed by atoms with van der Waals surface area (Å²) in [5.41, 5.74) is 3.48. The van der Waals surface area contributed by atoms with E-state index in [-0.39, 0.29) is 5.97 Å². The minimum absolute atomic E-state index is 0.160. The van der Waals surface area contributed by atoms with Crippen molar-refractivity contribution in [2.75, 3.05) is 70.1 Å². The van der Waals surface area contributed by atoms with Crippen molar-refractivity contribution in [3.63, 3.8) is 0 Å². The molecule has 220 valence electrons. The van der Waals surface area contributed by atoms with Gasteiger partial charge in [0.25, 0.3) is 0 Å². The molecule has 2 N–H and O–H groups in total. The molecule has 3 aromatic rings. The summed E-state index contributed by atoms with van der Waals surface area (Å²) < 4.78 is 5.47. The zero-order valence-corrected chi connectivity index (χ0v) is 25.1. The van der Waals surface area contributed by atoms with Gasteiger partial charge in [-0.15, -0.1) is 0 Å². The number of benzene rings is 1. The average molecular weight is 561 g/mol. The van der Waals surface area contributed by atoms with Gasteiger partial charge in [0, 0.05) is 70.0 Å². The smallest absolute Gasteiger partial charge is 0.320 e. The van der Waals surface area contributed by atoms with Crippen LogP contribution in [0.15, 0.2) is 54.9 Å². The number of carbonyl (C=O) groups is 1. The lowest BCUT2D eigenvalue weighted by molar-refractivity contribution is -0.156. The van der Waals surface area contributed by atoms with Crippen molar-refractivity contribution < 1.29 is 9.53 Å². The Balaban J connectivity index is 1.30. The van der Waals surface area contributed by atoms with Gasteiger partial charge in [0.1, 0.15) is 11.4 Å². The van der Waals surface area contributed by atoms with E-state index in [0.29, 0.717) is 12.5 Å². The van der Waals surface area contributed by atoms with E-state index >= 15 is 0 Å². The molecule has 0 radical (unpaired) electrons. The molecule has 0 atom stereocenters. The van der Waals surface area contributed by atoms with Gasteiger partial charge in [-0.1, -0.05) is 12.1 Å². The molecule has 3 heterocycles. The van der Waals surface area contributed by atoms with Crippen LogP contribution in [-0.4, -0.2) is 96.2 Å². The molecule has 41 heavy (non-hydrogen) atoms. The quantitative estimate of drug-likeness (QED) is 0.251. The van der Waals surface area contributed by atoms with Crippen molar-refractivity contribution in [2.24, 2.45) is 0 Å². The van der Waals surface area contributed by atoms with Crippen LogP contribution < -0.4 is 15.5 Å². The van der Waals surface area contributed by atoms with E-state index in [9.17, 15) is 4.79 Å². The third-order valence-corrected chi connectivity index (χ3v) is 6.84. The molecule has 1 aromatic carbocycles. The zero-order valence-electron chi connectivity index (χ0n) is 25.1. The Hall–Kier alpha value is -3.60. The van der Waals surface area contributed by atoms with E-state index in [2.05, 4.69) is 66.6 Å². The van der Waals surface area contributed by atoms with E-state index in [1.807, 2.05) is 52.2 Å². The van der Waals surface area contributed by atoms with E-state index < -0.39 is 5.60 Å². The van der Waals surface area contributed by atoms with E-state index in [0.717, 1.165) is 75.0 Å². The summed E-state index contributed by atoms with van der Waals surface area (Å²) >= 11 is 0. The molecule has 0 amide bonds. The van der Waals surface area contributed by atoms with E-state index in [1.54, 1.807) is 6.20 Å². The first-order chi connectivity index (χ1) is 19.7. The van der Waals surface area contributed by atoms with E-state index in [4.69, 9.17) is 9.72 Å². The van der Waals surface area contributed by atoms with Crippen LogP contribution >= 0.6 is 0 Å². The normalized spacial score (nSPS) is 14.6. The number of nitrogens with zero attached hydrogens (tertiary/aromatic N) is 6. The van der Waals surface area contributed by atoms with Gasteiger partial charge in [0.05, 0.1) is 12.2 Å². The number of hydrogen-bond donors (Lipinski definition) is 2. The molecule has 0 bridgehead atoms. The summed E-state index contributed by atoms with van der Waals surface area (Å²) in [5.74, 6) is 1.33. The third kappa shape index (κ3) is 9.77. The third-order valence-electron chi connectivity index (χ3n) is 6.84. The summed E-state index contributed by atoms with van der Waals surface area (Å²) in [5, 5.41) is 6.54. The lowest BCUT2D eigenvalue weighted by Crippen LogP contribution is -2.48. The van der Waals surface area contributed by atoms with Gasteiger partial charge in [-0.05, 0) is 76.7 Å². The van der Waals surface area contributed by atoms with E-state index in [1.165, 1.54) is 5.56 Å². The summed E-state index contributed by atoms with van der Waals surface area (Å²) in [4.78, 5) is 32.7. The molecule has 0 saturated carbocycles. The first-order valence-corrected chi connectivity index (χ1v) is 14.4. The number of carbonyl (C=O) groups excluding carboxylic acids is 1. The number of anilines is 3. The number of esters is 1. The molecule has 10 nitrogen and oxygen atoms in total. The highest BCUT2D eigenvalue weighted by Crippen LogP contribution is 2.22. The van der Waals surface area contributed by atoms with Gasteiger partial charge >= 0.3 is 5.97 Å². The number of nitrogens with one attached hydrogen (secondary N) is 2. The number of piperazine rings is 1. The molecular formula is C31H44N8O2. The fourth-order valence-corrected chi connectivity index (χ4v) is 4.75. The van der Waals surface area contributed by atoms with Crippen LogP contribution in [-0.2, 0) is 16.1 Å². The fraction of sp³-hybridized carbons (Fsp3) is 0.484. The largest absolute Gasteiger partial charge is 0.459 e. The Kier molecular flexibility index (Phi) is 10.6. The Morgan fingerprint density at radius 3 is 2.54 bits per heavy atom. The van der Waals surface area contributed by atoms with Gasteiger partial charge in [-0.25, -0.2) is 15.0 Å². The van der Waals surface area contributed by atoms with Crippen LogP contribution in [0.3, 0.4) is 0 Å². The van der Waals surface area contributed by atoms with Gasteiger partial charge in [-0.2, -0.15) is 0 Å². The monoisotopic (exact) mass is 560 g/mol. The lowest BCUT2D eigenvalue weighted by Gasteiger charge is -2.34. The molecule has 10 heteroatoms. The summed E-state index contributed by atoms with van der Waals surface area (Å²) in [6.45, 7) is 12.3. The molecular weight excluding hydrogens is 516 g/mol. The second-order valence-corrected chi connectivity index (χ2v) is 11.5. The van der Waals surface area contributed by atoms with Crippen molar-refractivity contribution in [1.82, 2.24) is 30.1 Å². The van der Waals surface area contributed by atoms with Gasteiger partial charge < -0.3 is 20.3 Å². The number of pyridine rings is 1. The Labute approximate surface area is 244 Å². The molecule has 0 unspecified atom stereocenters. The van der Waals surface area contributed by atoms with Crippen molar-refractivity contribution in [3.05, 3.63) is 60.4 Å². The molecule has 0 spiro atoms. The number of rotatable bonds is 12. The number of aromatic nitrogens is 3. The topological polar surface area (TPSA) is 98.8 Å². The maximum absolute atomic E-state index is 12.2. The van der Waals surface area contributed by atoms with Gasteiger partial charge in [-0.3, -0.25) is 14.6 Å². The number of ether oxygens (including phenoxy) is 1. The first kappa shape index (κ1) is 30.4. The maximum Gasteiger partial charge on any atom is 0.320 e. The molecule has 2 aromatic heterocycles. The lowest BCUT2D eigenvalue weighted by atomic mass is 10.1. The second-order valence-electron chi connectivity index (χ2n) is 11.5. The van der Waals surface area contributed by atoms with Gasteiger partial charge in [0.15, 0.2) is 0 Å². The highest BCUT2D eigenvalue weighted by molar-refractivity contribution is 5.72. The predicted molar refractivity (Wildman–Crippen MR) is 164 cm³/mol. The zero-order chi connectivity index (χ0) is 29.2. The molecule has 1 fully saturated rings. The molecule has 1 saturated heterocycles. The minimum atomic E-state index is -0.448. The van der Waals surface area contributed by atoms with Crippen LogP contribution in [0.25, 0.3) is 11.3 Å². The van der Waals surface area contributed by atoms with Crippen molar-refractivity contribution in [1.29, 1.82) is 0 Å². The second kappa shape index (κ2) is 14.3. The highest BCUT2D eigenvalue weighted by Gasteiger charge is 2.22. The number of hydrogen-bond acceptors (Lipinski definition) is 10. The molecule has 0 aliphatic carbocycles. The molecule has 1 aliphatic heterocycles. The van der Waals surface area contributed by atoms with Crippen LogP contribution in [0.2, 0.25) is 0 Å². The predicted octanol–water partition coefficient (Wildman–Crippen LogP) is 3.79.